The second kappa shape index (κ2) is 22.6. The van der Waals surface area contributed by atoms with Crippen LogP contribution < -0.4 is 69.7 Å². The van der Waals surface area contributed by atoms with E-state index in [1.165, 1.54) is 23.5 Å². The molecule has 0 unspecified atom stereocenters. The molecule has 272 valence electrons. The molecule has 0 fully saturated rings. The first-order chi connectivity index (χ1) is 27.6. The smallest absolute Gasteiger partial charge is 0.380 e. The third-order valence-corrected chi connectivity index (χ3v) is 11.5. The maximum atomic E-state index is 4.84. The van der Waals surface area contributed by atoms with E-state index >= 15 is 0 Å². The van der Waals surface area contributed by atoms with Crippen molar-refractivity contribution >= 4 is 82.2 Å². The van der Waals surface area contributed by atoms with Crippen LogP contribution in [0.4, 0.5) is 23.0 Å². The third kappa shape index (κ3) is 13.4. The van der Waals surface area contributed by atoms with Gasteiger partial charge in [-0.25, -0.2) is 19.9 Å². The van der Waals surface area contributed by atoms with Gasteiger partial charge in [-0.15, -0.1) is 48.5 Å². The summed E-state index contributed by atoms with van der Waals surface area (Å²) in [5.74, 6) is 1.44. The molecule has 0 atom stereocenters. The van der Waals surface area contributed by atoms with Gasteiger partial charge in [-0.1, -0.05) is 96.3 Å². The Morgan fingerprint density at radius 2 is 0.741 bits per heavy atom. The summed E-state index contributed by atoms with van der Waals surface area (Å²) < 4.78 is 0. The van der Waals surface area contributed by atoms with E-state index in [1.807, 2.05) is 133 Å². The van der Waals surface area contributed by atoms with E-state index in [2.05, 4.69) is 71.3 Å². The minimum atomic E-state index is 0. The maximum Gasteiger partial charge on any atom is 1.00 e. The van der Waals surface area contributed by atoms with Crippen LogP contribution in [-0.4, -0.2) is 19.9 Å². The number of nitrogens with one attached hydrogen (secondary N) is 2. The number of benzene rings is 6. The Hall–Kier alpha value is -3.78. The average Bonchev–Trinajstić information content (AvgIpc) is 3.22. The van der Waals surface area contributed by atoms with Crippen LogP contribution in [0.3, 0.4) is 0 Å². The standard InChI is InChI=1S/C46H32N6S4.2Na/c1-5-13-37(14-6-1)53-43-31-41(49-45(51-43)55-39-17-9-3-10-18-39)47-35-27-23-33(24-28-35)21-22-34-25-29-36(30-26-34)48-42-32-44(54-38-15-7-2-8-16-38)52-46(50-42)56-40-19-11-4-12-20-40;;/h1-23,25,27-32H,(H,47,49,51)(H,48,50,52);;/q-2;2*+1. The first-order valence-electron chi connectivity index (χ1n) is 17.6. The molecular formula is C46H32N6Na2S4. The molecule has 6 nitrogen and oxygen atoms in total. The maximum absolute atomic E-state index is 4.84. The van der Waals surface area contributed by atoms with Crippen molar-refractivity contribution in [3.05, 3.63) is 193 Å². The molecule has 6 aromatic carbocycles. The molecule has 0 saturated heterocycles. The normalized spacial score (nSPS) is 10.7. The van der Waals surface area contributed by atoms with E-state index in [4.69, 9.17) is 19.9 Å². The van der Waals surface area contributed by atoms with Crippen LogP contribution in [0.15, 0.2) is 210 Å². The number of rotatable bonds is 14. The van der Waals surface area contributed by atoms with Crippen LogP contribution in [0, 0.1) is 12.1 Å². The summed E-state index contributed by atoms with van der Waals surface area (Å²) in [5.41, 5.74) is 3.66. The van der Waals surface area contributed by atoms with Gasteiger partial charge in [0.15, 0.2) is 10.3 Å². The molecular weight excluding hydrogens is 811 g/mol. The van der Waals surface area contributed by atoms with E-state index in [0.717, 1.165) is 63.8 Å². The largest absolute Gasteiger partial charge is 1.00 e. The number of anilines is 4. The third-order valence-electron chi connectivity index (χ3n) is 7.86. The summed E-state index contributed by atoms with van der Waals surface area (Å²) in [6.07, 6.45) is 4.06. The molecule has 0 saturated carbocycles. The molecule has 0 aliphatic carbocycles. The molecule has 0 radical (unpaired) electrons. The number of nitrogens with zero attached hydrogens (tertiary/aromatic N) is 4. The molecule has 0 amide bonds. The molecule has 2 heterocycles. The number of hydrogen-bond acceptors (Lipinski definition) is 10. The second-order valence-electron chi connectivity index (χ2n) is 12.1. The van der Waals surface area contributed by atoms with E-state index < -0.39 is 0 Å². The summed E-state index contributed by atoms with van der Waals surface area (Å²) in [5, 5.41) is 10.00. The minimum Gasteiger partial charge on any atom is -0.380 e. The topological polar surface area (TPSA) is 75.6 Å². The monoisotopic (exact) mass is 842 g/mol. The van der Waals surface area contributed by atoms with Crippen molar-refractivity contribution in [2.75, 3.05) is 10.6 Å². The van der Waals surface area contributed by atoms with E-state index in [1.54, 1.807) is 23.5 Å². The van der Waals surface area contributed by atoms with Crippen LogP contribution in [0.2, 0.25) is 0 Å². The Kier molecular flexibility index (Phi) is 17.0. The van der Waals surface area contributed by atoms with E-state index in [-0.39, 0.29) is 59.1 Å². The zero-order valence-corrected chi connectivity index (χ0v) is 39.0. The van der Waals surface area contributed by atoms with E-state index in [9.17, 15) is 0 Å². The predicted octanol–water partition coefficient (Wildman–Crippen LogP) is 7.14. The molecule has 0 bridgehead atoms. The Morgan fingerprint density at radius 1 is 0.397 bits per heavy atom. The zero-order chi connectivity index (χ0) is 37.8. The van der Waals surface area contributed by atoms with Crippen LogP contribution >= 0.6 is 47.0 Å². The van der Waals surface area contributed by atoms with Gasteiger partial charge in [-0.3, -0.25) is 0 Å². The van der Waals surface area contributed by atoms with Gasteiger partial charge in [0.2, 0.25) is 0 Å². The first-order valence-corrected chi connectivity index (χ1v) is 20.9. The average molecular weight is 843 g/mol. The van der Waals surface area contributed by atoms with Crippen molar-refractivity contribution in [1.29, 1.82) is 0 Å². The first kappa shape index (κ1) is 43.8. The zero-order valence-electron chi connectivity index (χ0n) is 31.7. The van der Waals surface area contributed by atoms with Gasteiger partial charge in [-0.2, -0.15) is 23.3 Å². The minimum absolute atomic E-state index is 0. The van der Waals surface area contributed by atoms with Gasteiger partial charge in [0, 0.05) is 31.7 Å². The Labute approximate surface area is 400 Å². The van der Waals surface area contributed by atoms with Crippen molar-refractivity contribution in [3.63, 3.8) is 0 Å². The molecule has 2 aromatic heterocycles. The molecule has 8 rings (SSSR count). The van der Waals surface area contributed by atoms with Gasteiger partial charge in [0.05, 0.1) is 0 Å². The molecule has 2 N–H and O–H groups in total. The summed E-state index contributed by atoms with van der Waals surface area (Å²) >= 11 is 6.30. The fraction of sp³-hybridized carbons (Fsp3) is 0. The van der Waals surface area contributed by atoms with Crippen molar-refractivity contribution in [1.82, 2.24) is 19.9 Å². The fourth-order valence-corrected chi connectivity index (χ4v) is 8.62. The van der Waals surface area contributed by atoms with Gasteiger partial charge in [0.25, 0.3) is 0 Å². The van der Waals surface area contributed by atoms with Crippen LogP contribution in [-0.2, 0) is 0 Å². The molecule has 8 aromatic rings. The number of aromatic nitrogens is 4. The Morgan fingerprint density at radius 3 is 1.07 bits per heavy atom. The Bertz CT molecular complexity index is 2220. The number of hydrogen-bond donors (Lipinski definition) is 2. The summed E-state index contributed by atoms with van der Waals surface area (Å²) in [6.45, 7) is 0. The quantitative estimate of drug-likeness (QED) is 0.0389. The van der Waals surface area contributed by atoms with Gasteiger partial charge in [-0.05, 0) is 83.4 Å². The summed E-state index contributed by atoms with van der Waals surface area (Å²) in [4.78, 5) is 23.7. The van der Waals surface area contributed by atoms with Crippen molar-refractivity contribution < 1.29 is 59.1 Å². The molecule has 12 heteroatoms. The van der Waals surface area contributed by atoms with Crippen LogP contribution in [0.5, 0.6) is 0 Å². The molecule has 0 spiro atoms. The predicted molar refractivity (Wildman–Crippen MR) is 232 cm³/mol. The molecule has 0 aliphatic heterocycles. The van der Waals surface area contributed by atoms with Crippen molar-refractivity contribution in [2.24, 2.45) is 0 Å². The molecule has 0 aliphatic rings. The second-order valence-corrected chi connectivity index (χ2v) is 16.3. The van der Waals surface area contributed by atoms with Gasteiger partial charge in [0.1, 0.15) is 21.7 Å². The van der Waals surface area contributed by atoms with Crippen molar-refractivity contribution in [2.45, 2.75) is 39.9 Å². The van der Waals surface area contributed by atoms with Gasteiger partial charge >= 0.3 is 59.1 Å². The van der Waals surface area contributed by atoms with Crippen LogP contribution in [0.25, 0.3) is 12.2 Å². The van der Waals surface area contributed by atoms with E-state index in [0.29, 0.717) is 10.3 Å². The van der Waals surface area contributed by atoms with Gasteiger partial charge < -0.3 is 10.6 Å². The summed E-state index contributed by atoms with van der Waals surface area (Å²) in [7, 11) is 0. The van der Waals surface area contributed by atoms with Crippen LogP contribution in [0.1, 0.15) is 11.1 Å². The Balaban J connectivity index is 0.00000283. The van der Waals surface area contributed by atoms with Crippen molar-refractivity contribution in [3.8, 4) is 0 Å². The summed E-state index contributed by atoms with van der Waals surface area (Å²) in [6, 6.07) is 63.5. The fourth-order valence-electron chi connectivity index (χ4n) is 5.25. The molecule has 58 heavy (non-hydrogen) atoms. The SMILES string of the molecule is [Na+].[Na+].[c-]1cc(Nc2cc(Sc3ccccc3)nc(Sc3ccccc3)n2)ccc1C=Cc1[c-]cc(Nc2cc(Sc3ccccc3)nc(Sc3ccccc3)n2)cc1.